The minimum absolute atomic E-state index is 0.0485. The van der Waals surface area contributed by atoms with Gasteiger partial charge < -0.3 is 9.47 Å². The van der Waals surface area contributed by atoms with Crippen LogP contribution in [-0.2, 0) is 6.61 Å². The van der Waals surface area contributed by atoms with Gasteiger partial charge in [0, 0.05) is 17.7 Å². The van der Waals surface area contributed by atoms with E-state index in [4.69, 9.17) is 9.47 Å². The van der Waals surface area contributed by atoms with E-state index in [1.165, 1.54) is 43.5 Å². The number of rotatable bonds is 5. The summed E-state index contributed by atoms with van der Waals surface area (Å²) in [6.07, 6.45) is 0. The van der Waals surface area contributed by atoms with E-state index >= 15 is 0 Å². The van der Waals surface area contributed by atoms with Crippen LogP contribution in [-0.4, -0.2) is 12.0 Å². The Hall–Kier alpha value is -2.15. The van der Waals surface area contributed by atoms with Crippen LogP contribution in [0.3, 0.4) is 0 Å². The molecule has 2 aromatic rings. The number of hydrogen-bond acceptors (Lipinski definition) is 4. The molecule has 7 heteroatoms. The third-order valence-electron chi connectivity index (χ3n) is 2.75. The number of halogens is 2. The van der Waals surface area contributed by atoms with Crippen LogP contribution in [0.4, 0.5) is 10.1 Å². The molecule has 0 aliphatic rings. The average Bonchev–Trinajstić information content (AvgIpc) is 2.46. The normalized spacial score (nSPS) is 10.2. The van der Waals surface area contributed by atoms with Crippen molar-refractivity contribution in [3.05, 3.63) is 62.4 Å². The van der Waals surface area contributed by atoms with Gasteiger partial charge in [0.15, 0.2) is 0 Å². The highest BCUT2D eigenvalue weighted by Crippen LogP contribution is 2.29. The second-order valence-electron chi connectivity index (χ2n) is 4.12. The molecule has 0 saturated heterocycles. The molecule has 0 atom stereocenters. The minimum Gasteiger partial charge on any atom is -0.496 e. The Kier molecular flexibility index (Phi) is 4.74. The van der Waals surface area contributed by atoms with Crippen molar-refractivity contribution in [1.29, 1.82) is 0 Å². The van der Waals surface area contributed by atoms with Crippen molar-refractivity contribution >= 4 is 21.6 Å². The highest BCUT2D eigenvalue weighted by molar-refractivity contribution is 9.10. The van der Waals surface area contributed by atoms with E-state index in [0.29, 0.717) is 21.5 Å². The minimum atomic E-state index is -0.489. The molecule has 0 amide bonds. The molecule has 2 rings (SSSR count). The Labute approximate surface area is 128 Å². The summed E-state index contributed by atoms with van der Waals surface area (Å²) in [4.78, 5) is 10.3. The van der Waals surface area contributed by atoms with Crippen molar-refractivity contribution in [1.82, 2.24) is 0 Å². The third-order valence-corrected chi connectivity index (χ3v) is 3.37. The zero-order valence-corrected chi connectivity index (χ0v) is 12.6. The summed E-state index contributed by atoms with van der Waals surface area (Å²) in [5.74, 6) is 0.533. The summed E-state index contributed by atoms with van der Waals surface area (Å²) < 4.78 is 24.1. The summed E-state index contributed by atoms with van der Waals surface area (Å²) in [5.41, 5.74) is 0.482. The number of nitro benzene ring substituents is 1. The van der Waals surface area contributed by atoms with Crippen LogP contribution in [0.15, 0.2) is 40.9 Å². The van der Waals surface area contributed by atoms with Crippen molar-refractivity contribution in [2.45, 2.75) is 6.61 Å². The number of nitro groups is 1. The first-order valence-electron chi connectivity index (χ1n) is 5.90. The maximum atomic E-state index is 13.0. The maximum Gasteiger partial charge on any atom is 0.270 e. The van der Waals surface area contributed by atoms with Crippen LogP contribution in [0.1, 0.15) is 5.56 Å². The van der Waals surface area contributed by atoms with E-state index in [1.807, 2.05) is 0 Å². The van der Waals surface area contributed by atoms with Crippen molar-refractivity contribution < 1.29 is 18.8 Å². The monoisotopic (exact) mass is 355 g/mol. The van der Waals surface area contributed by atoms with Gasteiger partial charge in [-0.1, -0.05) is 0 Å². The second kappa shape index (κ2) is 6.53. The van der Waals surface area contributed by atoms with E-state index in [2.05, 4.69) is 15.9 Å². The fraction of sp³-hybridized carbons (Fsp3) is 0.143. The third kappa shape index (κ3) is 3.69. The lowest BCUT2D eigenvalue weighted by molar-refractivity contribution is -0.385. The maximum absolute atomic E-state index is 13.0. The molecule has 0 unspecified atom stereocenters. The molecule has 5 nitrogen and oxygen atoms in total. The molecule has 0 N–H and O–H groups in total. The van der Waals surface area contributed by atoms with Crippen LogP contribution in [0.25, 0.3) is 0 Å². The van der Waals surface area contributed by atoms with Gasteiger partial charge in [-0.2, -0.15) is 0 Å². The molecule has 0 bridgehead atoms. The molecule has 0 fully saturated rings. The first kappa shape index (κ1) is 15.2. The van der Waals surface area contributed by atoms with Crippen molar-refractivity contribution in [3.8, 4) is 11.5 Å². The number of nitrogens with zero attached hydrogens (tertiary/aromatic N) is 1. The average molecular weight is 356 g/mol. The summed E-state index contributed by atoms with van der Waals surface area (Å²) in [7, 11) is 1.47. The van der Waals surface area contributed by atoms with Gasteiger partial charge >= 0.3 is 0 Å². The lowest BCUT2D eigenvalue weighted by atomic mass is 10.2. The molecular weight excluding hydrogens is 345 g/mol. The standard InChI is InChI=1S/C14H11BrFNO4/c1-20-13-5-3-11(17(18)19)6-9(13)8-21-14-4-2-10(16)7-12(14)15/h2-7H,8H2,1H3. The van der Waals surface area contributed by atoms with Gasteiger partial charge in [-0.15, -0.1) is 0 Å². The van der Waals surface area contributed by atoms with Gasteiger partial charge in [-0.3, -0.25) is 10.1 Å². The first-order chi connectivity index (χ1) is 10.0. The molecule has 110 valence electrons. The molecule has 0 aromatic heterocycles. The van der Waals surface area contributed by atoms with Crippen LogP contribution >= 0.6 is 15.9 Å². The molecule has 0 saturated carbocycles. The van der Waals surface area contributed by atoms with Gasteiger partial charge in [0.2, 0.25) is 0 Å². The zero-order valence-electron chi connectivity index (χ0n) is 11.0. The molecule has 0 radical (unpaired) electrons. The summed E-state index contributed by atoms with van der Waals surface area (Å²) in [6, 6.07) is 8.27. The molecule has 0 heterocycles. The number of methoxy groups -OCH3 is 1. The smallest absolute Gasteiger partial charge is 0.270 e. The van der Waals surface area contributed by atoms with Crippen LogP contribution in [0.2, 0.25) is 0 Å². The van der Waals surface area contributed by atoms with Crippen LogP contribution < -0.4 is 9.47 Å². The number of hydrogen-bond donors (Lipinski definition) is 0. The predicted octanol–water partition coefficient (Wildman–Crippen LogP) is 4.08. The first-order valence-corrected chi connectivity index (χ1v) is 6.69. The summed E-state index contributed by atoms with van der Waals surface area (Å²) >= 11 is 3.19. The predicted molar refractivity (Wildman–Crippen MR) is 78.1 cm³/mol. The van der Waals surface area contributed by atoms with Gasteiger partial charge in [-0.05, 0) is 40.2 Å². The fourth-order valence-electron chi connectivity index (χ4n) is 1.74. The summed E-state index contributed by atoms with van der Waals surface area (Å²) in [6.45, 7) is 0.0646. The Morgan fingerprint density at radius 3 is 2.57 bits per heavy atom. The van der Waals surface area contributed by atoms with Crippen molar-refractivity contribution in [2.24, 2.45) is 0 Å². The van der Waals surface area contributed by atoms with Crippen LogP contribution in [0.5, 0.6) is 11.5 Å². The largest absolute Gasteiger partial charge is 0.496 e. The molecule has 0 aliphatic heterocycles. The van der Waals surface area contributed by atoms with Crippen molar-refractivity contribution in [3.63, 3.8) is 0 Å². The van der Waals surface area contributed by atoms with Gasteiger partial charge in [0.1, 0.15) is 23.9 Å². The SMILES string of the molecule is COc1ccc([N+](=O)[O-])cc1COc1ccc(F)cc1Br. The van der Waals surface area contributed by atoms with E-state index in [0.717, 1.165) is 0 Å². The Morgan fingerprint density at radius 2 is 1.95 bits per heavy atom. The Bertz CT molecular complexity index is 678. The molecule has 0 spiro atoms. The molecule has 21 heavy (non-hydrogen) atoms. The van der Waals surface area contributed by atoms with E-state index < -0.39 is 4.92 Å². The number of non-ortho nitro benzene ring substituents is 1. The molecular formula is C14H11BrFNO4. The fourth-order valence-corrected chi connectivity index (χ4v) is 2.20. The molecule has 2 aromatic carbocycles. The highest BCUT2D eigenvalue weighted by atomic mass is 79.9. The lowest BCUT2D eigenvalue weighted by Crippen LogP contribution is -2.01. The van der Waals surface area contributed by atoms with Gasteiger partial charge in [-0.25, -0.2) is 4.39 Å². The number of ether oxygens (including phenoxy) is 2. The topological polar surface area (TPSA) is 61.6 Å². The quantitative estimate of drug-likeness (QED) is 0.598. The van der Waals surface area contributed by atoms with E-state index in [1.54, 1.807) is 0 Å². The van der Waals surface area contributed by atoms with Gasteiger partial charge in [0.05, 0.1) is 16.5 Å². The zero-order chi connectivity index (χ0) is 15.4. The van der Waals surface area contributed by atoms with Crippen LogP contribution in [0, 0.1) is 15.9 Å². The Morgan fingerprint density at radius 1 is 1.24 bits per heavy atom. The molecule has 0 aliphatic carbocycles. The number of benzene rings is 2. The lowest BCUT2D eigenvalue weighted by Gasteiger charge is -2.11. The van der Waals surface area contributed by atoms with Crippen molar-refractivity contribution in [2.75, 3.05) is 7.11 Å². The Balaban J connectivity index is 2.22. The highest BCUT2D eigenvalue weighted by Gasteiger charge is 2.12. The summed E-state index contributed by atoms with van der Waals surface area (Å²) in [5, 5.41) is 10.8. The van der Waals surface area contributed by atoms with Gasteiger partial charge in [0.25, 0.3) is 5.69 Å². The second-order valence-corrected chi connectivity index (χ2v) is 4.97. The van der Waals surface area contributed by atoms with E-state index in [9.17, 15) is 14.5 Å². The van der Waals surface area contributed by atoms with E-state index in [-0.39, 0.29) is 18.1 Å².